The Bertz CT molecular complexity index is 794. The molecule has 1 aromatic carbocycles. The molecule has 0 aliphatic carbocycles. The van der Waals surface area contributed by atoms with Crippen molar-refractivity contribution in [2.24, 2.45) is 0 Å². The summed E-state index contributed by atoms with van der Waals surface area (Å²) >= 11 is 0. The van der Waals surface area contributed by atoms with Crippen LogP contribution in [-0.2, 0) is 0 Å². The second-order valence-corrected chi connectivity index (χ2v) is 5.00. The second kappa shape index (κ2) is 5.36. The number of aromatic nitrogens is 3. The third kappa shape index (κ3) is 2.50. The molecule has 0 bridgehead atoms. The molecule has 2 heterocycles. The first kappa shape index (κ1) is 13.3. The summed E-state index contributed by atoms with van der Waals surface area (Å²) < 4.78 is 1.59. The Morgan fingerprint density at radius 1 is 1.29 bits per heavy atom. The highest BCUT2D eigenvalue weighted by molar-refractivity contribution is 5.99. The smallest absolute Gasteiger partial charge is 0.257 e. The van der Waals surface area contributed by atoms with E-state index in [-0.39, 0.29) is 11.9 Å². The van der Waals surface area contributed by atoms with Crippen molar-refractivity contribution in [1.29, 1.82) is 0 Å². The van der Waals surface area contributed by atoms with E-state index in [1.165, 1.54) is 0 Å². The Labute approximate surface area is 122 Å². The molecule has 0 fully saturated rings. The van der Waals surface area contributed by atoms with Crippen LogP contribution in [0.4, 0.5) is 0 Å². The standard InChI is InChI=1S/C16H16N4O/c1-11-6-3-4-7-13(11)12(2)19-16(21)14-10-18-20-9-5-8-17-15(14)20/h3-10,12H,1-2H3,(H,19,21)/t12-/m0/s1. The molecule has 5 nitrogen and oxygen atoms in total. The fourth-order valence-electron chi connectivity index (χ4n) is 2.41. The number of nitrogens with one attached hydrogen (secondary N) is 1. The number of hydrogen-bond acceptors (Lipinski definition) is 3. The van der Waals surface area contributed by atoms with Crippen molar-refractivity contribution in [1.82, 2.24) is 19.9 Å². The highest BCUT2D eigenvalue weighted by Gasteiger charge is 2.17. The summed E-state index contributed by atoms with van der Waals surface area (Å²) in [6.45, 7) is 4.01. The monoisotopic (exact) mass is 280 g/mol. The minimum Gasteiger partial charge on any atom is -0.345 e. The SMILES string of the molecule is Cc1ccccc1[C@H](C)NC(=O)c1cnn2cccnc12. The number of benzene rings is 1. The fourth-order valence-corrected chi connectivity index (χ4v) is 2.41. The van der Waals surface area contributed by atoms with Crippen LogP contribution < -0.4 is 5.32 Å². The van der Waals surface area contributed by atoms with Gasteiger partial charge in [0.2, 0.25) is 0 Å². The average molecular weight is 280 g/mol. The van der Waals surface area contributed by atoms with Crippen LogP contribution in [0.1, 0.15) is 34.5 Å². The molecule has 0 spiro atoms. The van der Waals surface area contributed by atoms with Gasteiger partial charge in [-0.25, -0.2) is 9.50 Å². The lowest BCUT2D eigenvalue weighted by Gasteiger charge is -2.16. The van der Waals surface area contributed by atoms with Crippen LogP contribution in [0.25, 0.3) is 5.65 Å². The highest BCUT2D eigenvalue weighted by Crippen LogP contribution is 2.17. The number of nitrogens with zero attached hydrogens (tertiary/aromatic N) is 3. The highest BCUT2D eigenvalue weighted by atomic mass is 16.1. The molecule has 0 unspecified atom stereocenters. The van der Waals surface area contributed by atoms with Crippen molar-refractivity contribution < 1.29 is 4.79 Å². The molecule has 106 valence electrons. The third-order valence-electron chi connectivity index (χ3n) is 3.53. The van der Waals surface area contributed by atoms with Gasteiger partial charge in [0.25, 0.3) is 5.91 Å². The average Bonchev–Trinajstić information content (AvgIpc) is 2.91. The zero-order chi connectivity index (χ0) is 14.8. The molecule has 2 aromatic heterocycles. The number of fused-ring (bicyclic) bond motifs is 1. The van der Waals surface area contributed by atoms with Gasteiger partial charge in [0.15, 0.2) is 5.65 Å². The topological polar surface area (TPSA) is 59.3 Å². The molecular formula is C16H16N4O. The van der Waals surface area contributed by atoms with Gasteiger partial charge in [-0.2, -0.15) is 5.10 Å². The van der Waals surface area contributed by atoms with E-state index < -0.39 is 0 Å². The molecule has 0 saturated heterocycles. The predicted molar refractivity (Wildman–Crippen MR) is 80.0 cm³/mol. The van der Waals surface area contributed by atoms with Gasteiger partial charge in [-0.15, -0.1) is 0 Å². The van der Waals surface area contributed by atoms with Gasteiger partial charge in [0.1, 0.15) is 5.56 Å². The molecule has 0 saturated carbocycles. The normalized spacial score (nSPS) is 12.3. The number of aryl methyl sites for hydroxylation is 1. The summed E-state index contributed by atoms with van der Waals surface area (Å²) in [6.07, 6.45) is 4.96. The second-order valence-electron chi connectivity index (χ2n) is 5.00. The maximum Gasteiger partial charge on any atom is 0.257 e. The molecule has 3 aromatic rings. The summed E-state index contributed by atoms with van der Waals surface area (Å²) in [5, 5.41) is 7.13. The number of carbonyl (C=O) groups is 1. The number of rotatable bonds is 3. The first-order valence-electron chi connectivity index (χ1n) is 6.81. The number of amides is 1. The Morgan fingerprint density at radius 2 is 2.10 bits per heavy atom. The van der Waals surface area contributed by atoms with Gasteiger partial charge in [0, 0.05) is 12.4 Å². The molecule has 0 aliphatic heterocycles. The van der Waals surface area contributed by atoms with E-state index in [1.807, 2.05) is 38.1 Å². The minimum atomic E-state index is -0.167. The summed E-state index contributed by atoms with van der Waals surface area (Å²) in [7, 11) is 0. The molecule has 1 N–H and O–H groups in total. The largest absolute Gasteiger partial charge is 0.345 e. The van der Waals surface area contributed by atoms with Gasteiger partial charge < -0.3 is 5.32 Å². The first-order chi connectivity index (χ1) is 10.2. The lowest BCUT2D eigenvalue weighted by atomic mass is 10.0. The lowest BCUT2D eigenvalue weighted by molar-refractivity contribution is 0.0941. The molecule has 5 heteroatoms. The van der Waals surface area contributed by atoms with Crippen LogP contribution in [0.2, 0.25) is 0 Å². The Kier molecular flexibility index (Phi) is 3.39. The molecular weight excluding hydrogens is 264 g/mol. The van der Waals surface area contributed by atoms with Crippen LogP contribution in [0.3, 0.4) is 0 Å². The van der Waals surface area contributed by atoms with E-state index in [0.29, 0.717) is 11.2 Å². The molecule has 21 heavy (non-hydrogen) atoms. The van der Waals surface area contributed by atoms with Gasteiger partial charge in [0.05, 0.1) is 12.2 Å². The van der Waals surface area contributed by atoms with Crippen molar-refractivity contribution in [3.63, 3.8) is 0 Å². The van der Waals surface area contributed by atoms with Crippen LogP contribution >= 0.6 is 0 Å². The van der Waals surface area contributed by atoms with Crippen molar-refractivity contribution in [2.45, 2.75) is 19.9 Å². The third-order valence-corrected chi connectivity index (χ3v) is 3.53. The maximum absolute atomic E-state index is 12.4. The predicted octanol–water partition coefficient (Wildman–Crippen LogP) is 2.53. The Balaban J connectivity index is 1.85. The van der Waals surface area contributed by atoms with E-state index in [4.69, 9.17) is 0 Å². The zero-order valence-electron chi connectivity index (χ0n) is 11.9. The van der Waals surface area contributed by atoms with Crippen molar-refractivity contribution in [2.75, 3.05) is 0 Å². The Morgan fingerprint density at radius 3 is 2.90 bits per heavy atom. The minimum absolute atomic E-state index is 0.0719. The van der Waals surface area contributed by atoms with Crippen LogP contribution in [-0.4, -0.2) is 20.5 Å². The van der Waals surface area contributed by atoms with E-state index in [1.54, 1.807) is 29.2 Å². The van der Waals surface area contributed by atoms with Gasteiger partial charge >= 0.3 is 0 Å². The van der Waals surface area contributed by atoms with Gasteiger partial charge in [-0.05, 0) is 31.0 Å². The quantitative estimate of drug-likeness (QED) is 0.802. The molecule has 0 radical (unpaired) electrons. The van der Waals surface area contributed by atoms with E-state index in [2.05, 4.69) is 15.4 Å². The van der Waals surface area contributed by atoms with E-state index in [0.717, 1.165) is 11.1 Å². The lowest BCUT2D eigenvalue weighted by Crippen LogP contribution is -2.27. The Hall–Kier alpha value is -2.69. The van der Waals surface area contributed by atoms with Crippen molar-refractivity contribution in [3.8, 4) is 0 Å². The number of hydrogen-bond donors (Lipinski definition) is 1. The van der Waals surface area contributed by atoms with Crippen LogP contribution in [0, 0.1) is 6.92 Å². The fraction of sp³-hybridized carbons (Fsp3) is 0.188. The molecule has 3 rings (SSSR count). The summed E-state index contributed by atoms with van der Waals surface area (Å²) in [5.41, 5.74) is 3.31. The first-order valence-corrected chi connectivity index (χ1v) is 6.81. The molecule has 1 amide bonds. The van der Waals surface area contributed by atoms with Crippen LogP contribution in [0.5, 0.6) is 0 Å². The van der Waals surface area contributed by atoms with Crippen molar-refractivity contribution >= 4 is 11.6 Å². The van der Waals surface area contributed by atoms with Crippen LogP contribution in [0.15, 0.2) is 48.9 Å². The van der Waals surface area contributed by atoms with Gasteiger partial charge in [-0.3, -0.25) is 4.79 Å². The molecule has 0 aliphatic rings. The van der Waals surface area contributed by atoms with Gasteiger partial charge in [-0.1, -0.05) is 24.3 Å². The van der Waals surface area contributed by atoms with E-state index in [9.17, 15) is 4.79 Å². The summed E-state index contributed by atoms with van der Waals surface area (Å²) in [5.74, 6) is -0.167. The summed E-state index contributed by atoms with van der Waals surface area (Å²) in [6, 6.07) is 9.73. The zero-order valence-corrected chi connectivity index (χ0v) is 11.9. The van der Waals surface area contributed by atoms with E-state index >= 15 is 0 Å². The van der Waals surface area contributed by atoms with Crippen molar-refractivity contribution in [3.05, 3.63) is 65.6 Å². The maximum atomic E-state index is 12.4. The number of carbonyl (C=O) groups excluding carboxylic acids is 1. The molecule has 1 atom stereocenters. The summed E-state index contributed by atoms with van der Waals surface area (Å²) in [4.78, 5) is 16.6.